The Labute approximate surface area is 97.0 Å². The summed E-state index contributed by atoms with van der Waals surface area (Å²) < 4.78 is 0. The highest BCUT2D eigenvalue weighted by Crippen LogP contribution is 2.05. The van der Waals surface area contributed by atoms with Crippen molar-refractivity contribution in [3.8, 4) is 0 Å². The first-order chi connectivity index (χ1) is 7.52. The average molecular weight is 218 g/mol. The number of carbonyl (C=O) groups excluding carboxylic acids is 2. The van der Waals surface area contributed by atoms with E-state index in [9.17, 15) is 9.59 Å². The van der Waals surface area contributed by atoms with Crippen LogP contribution in [-0.4, -0.2) is 11.6 Å². The molecule has 0 unspecified atom stereocenters. The van der Waals surface area contributed by atoms with Crippen LogP contribution in [0.3, 0.4) is 0 Å². The van der Waals surface area contributed by atoms with Crippen LogP contribution in [0.1, 0.15) is 27.7 Å². The van der Waals surface area contributed by atoms with E-state index in [0.29, 0.717) is 11.1 Å². The summed E-state index contributed by atoms with van der Waals surface area (Å²) in [5, 5.41) is 0. The van der Waals surface area contributed by atoms with E-state index in [1.807, 2.05) is 13.0 Å². The molecule has 2 nitrogen and oxygen atoms in total. The van der Waals surface area contributed by atoms with Crippen molar-refractivity contribution in [1.82, 2.24) is 0 Å². The fourth-order valence-corrected chi connectivity index (χ4v) is 1.09. The Bertz CT molecular complexity index is 380. The summed E-state index contributed by atoms with van der Waals surface area (Å²) in [5.41, 5.74) is 1.19. The van der Waals surface area contributed by atoms with Gasteiger partial charge in [-0.2, -0.15) is 0 Å². The average Bonchev–Trinajstić information content (AvgIpc) is 2.22. The molecule has 0 N–H and O–H groups in total. The van der Waals surface area contributed by atoms with E-state index in [-0.39, 0.29) is 11.6 Å². The minimum absolute atomic E-state index is 0.00677. The molecule has 16 heavy (non-hydrogen) atoms. The largest absolute Gasteiger partial charge is 0.295 e. The predicted octanol–water partition coefficient (Wildman–Crippen LogP) is 3.17. The van der Waals surface area contributed by atoms with Crippen LogP contribution in [0.5, 0.6) is 0 Å². The molecule has 0 aromatic heterocycles. The number of Topliss-reactive ketones (excluding diaryl/α,β-unsaturated/α-hetero) is 2. The third-order valence-electron chi connectivity index (χ3n) is 2.03. The maximum atomic E-state index is 11.3. The van der Waals surface area contributed by atoms with Gasteiger partial charge in [-0.05, 0) is 27.7 Å². The molecular weight excluding hydrogens is 200 g/mol. The molecule has 0 radical (unpaired) electrons. The van der Waals surface area contributed by atoms with Crippen LogP contribution < -0.4 is 0 Å². The second kappa shape index (κ2) is 7.57. The molecule has 0 aliphatic rings. The first-order valence-corrected chi connectivity index (χ1v) is 5.22. The van der Waals surface area contributed by atoms with Gasteiger partial charge in [0.1, 0.15) is 0 Å². The fraction of sp³-hybridized carbons (Fsp3) is 0.286. The third-order valence-corrected chi connectivity index (χ3v) is 2.03. The molecule has 0 spiro atoms. The van der Waals surface area contributed by atoms with Crippen molar-refractivity contribution in [1.29, 1.82) is 0 Å². The highest BCUT2D eigenvalue weighted by Gasteiger charge is 2.00. The van der Waals surface area contributed by atoms with Gasteiger partial charge in [-0.15, -0.1) is 0 Å². The van der Waals surface area contributed by atoms with Crippen molar-refractivity contribution in [2.75, 3.05) is 0 Å². The maximum Gasteiger partial charge on any atom is 0.159 e. The zero-order valence-corrected chi connectivity index (χ0v) is 10.3. The van der Waals surface area contributed by atoms with Crippen LogP contribution in [0.15, 0.2) is 47.6 Å². The van der Waals surface area contributed by atoms with Gasteiger partial charge in [-0.3, -0.25) is 9.59 Å². The highest BCUT2D eigenvalue weighted by molar-refractivity contribution is 5.99. The monoisotopic (exact) mass is 218 g/mol. The van der Waals surface area contributed by atoms with E-state index in [2.05, 4.69) is 0 Å². The lowest BCUT2D eigenvalue weighted by Crippen LogP contribution is -1.95. The van der Waals surface area contributed by atoms with Crippen LogP contribution in [-0.2, 0) is 9.59 Å². The highest BCUT2D eigenvalue weighted by atomic mass is 16.1. The Morgan fingerprint density at radius 2 is 1.38 bits per heavy atom. The zero-order chi connectivity index (χ0) is 12.6. The van der Waals surface area contributed by atoms with Gasteiger partial charge in [-0.25, -0.2) is 0 Å². The molecule has 2 heteroatoms. The van der Waals surface area contributed by atoms with E-state index in [1.54, 1.807) is 37.3 Å². The lowest BCUT2D eigenvalue weighted by atomic mass is 10.1. The van der Waals surface area contributed by atoms with E-state index in [1.165, 1.54) is 13.8 Å². The molecule has 0 saturated carbocycles. The Kier molecular flexibility index (Phi) is 6.77. The summed E-state index contributed by atoms with van der Waals surface area (Å²) in [6, 6.07) is 0. The maximum absolute atomic E-state index is 11.3. The number of hydrogen-bond donors (Lipinski definition) is 0. The normalized spacial score (nSPS) is 13.8. The first kappa shape index (κ1) is 14.3. The molecular formula is C14H18O2. The molecule has 0 aromatic rings. The molecule has 0 atom stereocenters. The molecule has 0 heterocycles. The number of ketones is 2. The summed E-state index contributed by atoms with van der Waals surface area (Å²) >= 11 is 0. The van der Waals surface area contributed by atoms with E-state index in [0.717, 1.165) is 0 Å². The standard InChI is InChI=1S/C14H18O2/c1-5-7-8-14(12(4)16)10-9-13(6-2)11(3)15/h5-10H,1-4H3/b7-5+,10-9-,13-6+,14-8+. The summed E-state index contributed by atoms with van der Waals surface area (Å²) in [5.74, 6) is -0.0268. The SMILES string of the molecule is C/C=C/C=C(\C=C/C(=C\C)C(C)=O)C(C)=O. The second-order valence-electron chi connectivity index (χ2n) is 3.34. The zero-order valence-electron chi connectivity index (χ0n) is 10.3. The molecule has 0 rings (SSSR count). The smallest absolute Gasteiger partial charge is 0.159 e. The Hall–Kier alpha value is -1.70. The fourth-order valence-electron chi connectivity index (χ4n) is 1.09. The number of carbonyl (C=O) groups is 2. The number of allylic oxidation sites excluding steroid dienone is 8. The number of rotatable bonds is 5. The summed E-state index contributed by atoms with van der Waals surface area (Å²) in [6.07, 6.45) is 10.4. The van der Waals surface area contributed by atoms with Crippen molar-refractivity contribution in [3.05, 3.63) is 47.6 Å². The molecule has 0 aromatic carbocycles. The van der Waals surface area contributed by atoms with Crippen LogP contribution in [0.2, 0.25) is 0 Å². The van der Waals surface area contributed by atoms with Crippen molar-refractivity contribution in [2.24, 2.45) is 0 Å². The molecule has 0 aliphatic heterocycles. The molecule has 0 fully saturated rings. The van der Waals surface area contributed by atoms with Crippen LogP contribution in [0, 0.1) is 0 Å². The van der Waals surface area contributed by atoms with Crippen molar-refractivity contribution in [2.45, 2.75) is 27.7 Å². The van der Waals surface area contributed by atoms with Crippen molar-refractivity contribution < 1.29 is 9.59 Å². The Morgan fingerprint density at radius 3 is 1.75 bits per heavy atom. The van der Waals surface area contributed by atoms with Gasteiger partial charge < -0.3 is 0 Å². The van der Waals surface area contributed by atoms with Crippen LogP contribution in [0.4, 0.5) is 0 Å². The van der Waals surface area contributed by atoms with Gasteiger partial charge in [-0.1, -0.05) is 36.5 Å². The van der Waals surface area contributed by atoms with Gasteiger partial charge >= 0.3 is 0 Å². The lowest BCUT2D eigenvalue weighted by molar-refractivity contribution is -0.114. The molecule has 0 bridgehead atoms. The van der Waals surface area contributed by atoms with E-state index < -0.39 is 0 Å². The first-order valence-electron chi connectivity index (χ1n) is 5.22. The third kappa shape index (κ3) is 5.25. The lowest BCUT2D eigenvalue weighted by Gasteiger charge is -1.96. The number of hydrogen-bond acceptors (Lipinski definition) is 2. The topological polar surface area (TPSA) is 34.1 Å². The minimum Gasteiger partial charge on any atom is -0.295 e. The Balaban J connectivity index is 4.97. The van der Waals surface area contributed by atoms with Gasteiger partial charge in [0.05, 0.1) is 0 Å². The quantitative estimate of drug-likeness (QED) is 0.524. The van der Waals surface area contributed by atoms with Crippen molar-refractivity contribution >= 4 is 11.6 Å². The van der Waals surface area contributed by atoms with E-state index >= 15 is 0 Å². The summed E-state index contributed by atoms with van der Waals surface area (Å²) in [7, 11) is 0. The van der Waals surface area contributed by atoms with Gasteiger partial charge in [0.15, 0.2) is 11.6 Å². The minimum atomic E-state index is -0.0200. The van der Waals surface area contributed by atoms with Gasteiger partial charge in [0, 0.05) is 11.1 Å². The van der Waals surface area contributed by atoms with Gasteiger partial charge in [0.25, 0.3) is 0 Å². The summed E-state index contributed by atoms with van der Waals surface area (Å²) in [4.78, 5) is 22.4. The summed E-state index contributed by atoms with van der Waals surface area (Å²) in [6.45, 7) is 6.68. The predicted molar refractivity (Wildman–Crippen MR) is 67.2 cm³/mol. The van der Waals surface area contributed by atoms with E-state index in [4.69, 9.17) is 0 Å². The molecule has 0 amide bonds. The van der Waals surface area contributed by atoms with Gasteiger partial charge in [0.2, 0.25) is 0 Å². The molecule has 0 aliphatic carbocycles. The Morgan fingerprint density at radius 1 is 0.875 bits per heavy atom. The molecule has 0 saturated heterocycles. The van der Waals surface area contributed by atoms with Crippen LogP contribution in [0.25, 0.3) is 0 Å². The second-order valence-corrected chi connectivity index (χ2v) is 3.34. The van der Waals surface area contributed by atoms with Crippen LogP contribution >= 0.6 is 0 Å². The molecule has 86 valence electrons. The van der Waals surface area contributed by atoms with Crippen molar-refractivity contribution in [3.63, 3.8) is 0 Å².